The van der Waals surface area contributed by atoms with Crippen molar-refractivity contribution in [3.05, 3.63) is 71.0 Å². The number of carboxylic acids is 1. The number of nitrogens with one attached hydrogen (secondary N) is 1. The van der Waals surface area contributed by atoms with Crippen molar-refractivity contribution in [3.63, 3.8) is 0 Å². The molecule has 2 aromatic rings. The number of benzene rings is 2. The molecule has 1 aliphatic carbocycles. The molecule has 1 aliphatic rings. The van der Waals surface area contributed by atoms with Crippen LogP contribution in [0, 0.1) is 5.82 Å². The van der Waals surface area contributed by atoms with Crippen molar-refractivity contribution in [3.8, 4) is 0 Å². The van der Waals surface area contributed by atoms with E-state index in [9.17, 15) is 14.0 Å². The largest absolute Gasteiger partial charge is 0.478 e. The number of rotatable bonds is 7. The fourth-order valence-corrected chi connectivity index (χ4v) is 3.09. The average Bonchev–Trinajstić information content (AvgIpc) is 3.39. The lowest BCUT2D eigenvalue weighted by atomic mass is 9.95. The number of hydrogen-bond donors (Lipinski definition) is 2. The van der Waals surface area contributed by atoms with E-state index in [0.717, 1.165) is 18.4 Å². The number of carboxylic acid groups (broad SMARTS) is 1. The maximum Gasteiger partial charge on any atom is 0.335 e. The summed E-state index contributed by atoms with van der Waals surface area (Å²) in [5, 5.41) is 12.1. The number of aryl methyl sites for hydroxylation is 1. The molecule has 25 heavy (non-hydrogen) atoms. The van der Waals surface area contributed by atoms with Gasteiger partial charge in [0.1, 0.15) is 5.82 Å². The molecule has 1 amide bonds. The summed E-state index contributed by atoms with van der Waals surface area (Å²) in [7, 11) is 0. The van der Waals surface area contributed by atoms with E-state index in [0.29, 0.717) is 18.5 Å². The quantitative estimate of drug-likeness (QED) is 0.812. The van der Waals surface area contributed by atoms with Gasteiger partial charge < -0.3 is 10.4 Å². The van der Waals surface area contributed by atoms with Gasteiger partial charge in [-0.1, -0.05) is 30.3 Å². The first-order chi connectivity index (χ1) is 12.0. The van der Waals surface area contributed by atoms with Crippen molar-refractivity contribution >= 4 is 11.9 Å². The van der Waals surface area contributed by atoms with Crippen LogP contribution in [0.5, 0.6) is 0 Å². The number of hydrogen-bond acceptors (Lipinski definition) is 2. The van der Waals surface area contributed by atoms with E-state index < -0.39 is 5.97 Å². The molecule has 130 valence electrons. The molecule has 5 heteroatoms. The monoisotopic (exact) mass is 341 g/mol. The molecule has 2 aromatic carbocycles. The van der Waals surface area contributed by atoms with Crippen molar-refractivity contribution in [1.29, 1.82) is 0 Å². The van der Waals surface area contributed by atoms with Crippen LogP contribution in [-0.4, -0.2) is 23.5 Å². The molecule has 0 radical (unpaired) electrons. The number of halogens is 1. The standard InChI is InChI=1S/C20H20FNO3/c21-16-6-3-5-15(12-16)20(10-11-20)13-22-18(23)9-8-14-4-1-2-7-17(14)19(24)25/h1-7,12H,8-11,13H2,(H,22,23)(H,24,25). The second kappa shape index (κ2) is 7.05. The van der Waals surface area contributed by atoms with E-state index in [2.05, 4.69) is 5.32 Å². The lowest BCUT2D eigenvalue weighted by molar-refractivity contribution is -0.121. The first-order valence-electron chi connectivity index (χ1n) is 8.34. The SMILES string of the molecule is O=C(CCc1ccccc1C(=O)O)NCC1(c2cccc(F)c2)CC1. The maximum absolute atomic E-state index is 13.4. The van der Waals surface area contributed by atoms with E-state index in [-0.39, 0.29) is 29.1 Å². The second-order valence-electron chi connectivity index (χ2n) is 6.53. The van der Waals surface area contributed by atoms with Crippen LogP contribution in [0.15, 0.2) is 48.5 Å². The third-order valence-electron chi connectivity index (χ3n) is 4.78. The first kappa shape index (κ1) is 17.1. The van der Waals surface area contributed by atoms with Gasteiger partial charge in [0.2, 0.25) is 5.91 Å². The third kappa shape index (κ3) is 4.05. The molecule has 0 saturated heterocycles. The summed E-state index contributed by atoms with van der Waals surface area (Å²) in [5.74, 6) is -1.37. The Hall–Kier alpha value is -2.69. The molecule has 4 nitrogen and oxygen atoms in total. The normalized spacial score (nSPS) is 14.8. The molecular formula is C20H20FNO3. The number of aromatic carboxylic acids is 1. The predicted octanol–water partition coefficient (Wildman–Crippen LogP) is 3.30. The molecule has 0 heterocycles. The molecule has 0 aliphatic heterocycles. The van der Waals surface area contributed by atoms with Crippen LogP contribution < -0.4 is 5.32 Å². The fraction of sp³-hybridized carbons (Fsp3) is 0.300. The summed E-state index contributed by atoms with van der Waals surface area (Å²) in [6, 6.07) is 13.2. The fourth-order valence-electron chi connectivity index (χ4n) is 3.09. The molecular weight excluding hydrogens is 321 g/mol. The van der Waals surface area contributed by atoms with E-state index in [4.69, 9.17) is 5.11 Å². The molecule has 1 fully saturated rings. The Morgan fingerprint density at radius 1 is 1.12 bits per heavy atom. The number of amides is 1. The van der Waals surface area contributed by atoms with Crippen LogP contribution >= 0.6 is 0 Å². The van der Waals surface area contributed by atoms with E-state index >= 15 is 0 Å². The minimum Gasteiger partial charge on any atom is -0.478 e. The lowest BCUT2D eigenvalue weighted by Gasteiger charge is -2.17. The van der Waals surface area contributed by atoms with E-state index in [1.54, 1.807) is 30.3 Å². The zero-order valence-electron chi connectivity index (χ0n) is 13.8. The van der Waals surface area contributed by atoms with Crippen molar-refractivity contribution in [2.75, 3.05) is 6.54 Å². The molecule has 0 unspecified atom stereocenters. The predicted molar refractivity (Wildman–Crippen MR) is 92.0 cm³/mol. The van der Waals surface area contributed by atoms with Gasteiger partial charge in [-0.05, 0) is 48.6 Å². The van der Waals surface area contributed by atoms with Crippen LogP contribution in [-0.2, 0) is 16.6 Å². The van der Waals surface area contributed by atoms with Crippen molar-refractivity contribution in [2.24, 2.45) is 0 Å². The summed E-state index contributed by atoms with van der Waals surface area (Å²) in [6.07, 6.45) is 2.46. The summed E-state index contributed by atoms with van der Waals surface area (Å²) in [5.41, 5.74) is 1.64. The second-order valence-corrected chi connectivity index (χ2v) is 6.53. The van der Waals surface area contributed by atoms with Crippen LogP contribution in [0.1, 0.15) is 40.7 Å². The van der Waals surface area contributed by atoms with Crippen LogP contribution in [0.4, 0.5) is 4.39 Å². The number of carbonyl (C=O) groups is 2. The van der Waals surface area contributed by atoms with Crippen molar-refractivity contribution < 1.29 is 19.1 Å². The highest BCUT2D eigenvalue weighted by Crippen LogP contribution is 2.47. The summed E-state index contributed by atoms with van der Waals surface area (Å²) in [4.78, 5) is 23.3. The third-order valence-corrected chi connectivity index (χ3v) is 4.78. The summed E-state index contributed by atoms with van der Waals surface area (Å²) >= 11 is 0. The Bertz CT molecular complexity index is 799. The van der Waals surface area contributed by atoms with Gasteiger partial charge in [-0.3, -0.25) is 4.79 Å². The minimum absolute atomic E-state index is 0.122. The van der Waals surface area contributed by atoms with Gasteiger partial charge in [0.05, 0.1) is 5.56 Å². The molecule has 1 saturated carbocycles. The zero-order valence-corrected chi connectivity index (χ0v) is 13.8. The molecule has 0 aromatic heterocycles. The van der Waals surface area contributed by atoms with Gasteiger partial charge in [-0.15, -0.1) is 0 Å². The highest BCUT2D eigenvalue weighted by atomic mass is 19.1. The number of carbonyl (C=O) groups excluding carboxylic acids is 1. The summed E-state index contributed by atoms with van der Waals surface area (Å²) in [6.45, 7) is 0.482. The van der Waals surface area contributed by atoms with Crippen LogP contribution in [0.2, 0.25) is 0 Å². The van der Waals surface area contributed by atoms with Gasteiger partial charge in [-0.25, -0.2) is 9.18 Å². The van der Waals surface area contributed by atoms with Gasteiger partial charge in [0, 0.05) is 18.4 Å². The van der Waals surface area contributed by atoms with Crippen molar-refractivity contribution in [1.82, 2.24) is 5.32 Å². The molecule has 0 atom stereocenters. The van der Waals surface area contributed by atoms with Gasteiger partial charge in [0.15, 0.2) is 0 Å². The Morgan fingerprint density at radius 2 is 1.88 bits per heavy atom. The van der Waals surface area contributed by atoms with Gasteiger partial charge in [0.25, 0.3) is 0 Å². The Balaban J connectivity index is 1.55. The Kier molecular flexibility index (Phi) is 4.83. The Labute approximate surface area is 145 Å². The Morgan fingerprint density at radius 3 is 2.56 bits per heavy atom. The first-order valence-corrected chi connectivity index (χ1v) is 8.34. The molecule has 0 spiro atoms. The molecule has 0 bridgehead atoms. The zero-order chi connectivity index (χ0) is 17.9. The van der Waals surface area contributed by atoms with Crippen LogP contribution in [0.3, 0.4) is 0 Å². The smallest absolute Gasteiger partial charge is 0.335 e. The van der Waals surface area contributed by atoms with Gasteiger partial charge in [-0.2, -0.15) is 0 Å². The maximum atomic E-state index is 13.4. The lowest BCUT2D eigenvalue weighted by Crippen LogP contribution is -2.32. The molecule has 2 N–H and O–H groups in total. The van der Waals surface area contributed by atoms with Crippen LogP contribution in [0.25, 0.3) is 0 Å². The molecule has 3 rings (SSSR count). The highest BCUT2D eigenvalue weighted by Gasteiger charge is 2.44. The highest BCUT2D eigenvalue weighted by molar-refractivity contribution is 5.89. The van der Waals surface area contributed by atoms with Crippen molar-refractivity contribution in [2.45, 2.75) is 31.1 Å². The average molecular weight is 341 g/mol. The topological polar surface area (TPSA) is 66.4 Å². The summed E-state index contributed by atoms with van der Waals surface area (Å²) < 4.78 is 13.4. The minimum atomic E-state index is -0.987. The van der Waals surface area contributed by atoms with E-state index in [1.807, 2.05) is 6.07 Å². The van der Waals surface area contributed by atoms with Gasteiger partial charge >= 0.3 is 5.97 Å². The van der Waals surface area contributed by atoms with E-state index in [1.165, 1.54) is 12.1 Å².